The molecule has 25 heavy (non-hydrogen) atoms. The fourth-order valence-electron chi connectivity index (χ4n) is 4.19. The Kier molecular flexibility index (Phi) is 5.97. The Hall–Kier alpha value is -1.17. The van der Waals surface area contributed by atoms with Crippen LogP contribution in [0.3, 0.4) is 0 Å². The minimum Gasteiger partial charge on any atom is -0.426 e. The third-order valence-electron chi connectivity index (χ3n) is 5.69. The summed E-state index contributed by atoms with van der Waals surface area (Å²) in [5.41, 5.74) is 0. The number of thiol groups is 1. The Balaban J connectivity index is 1.52. The normalized spacial score (nSPS) is 30.1. The quantitative estimate of drug-likeness (QED) is 0.337. The van der Waals surface area contributed by atoms with Gasteiger partial charge in [-0.2, -0.15) is 12.6 Å². The topological polar surface area (TPSA) is 26.3 Å². The Morgan fingerprint density at radius 1 is 0.880 bits per heavy atom. The van der Waals surface area contributed by atoms with E-state index < -0.39 is 23.4 Å². The van der Waals surface area contributed by atoms with Gasteiger partial charge < -0.3 is 4.74 Å². The molecule has 0 saturated heterocycles. The fourth-order valence-corrected chi connectivity index (χ4v) is 4.49. The molecule has 1 aromatic carbocycles. The molecule has 0 heterocycles. The standard InChI is InChI=1S/C19H23F3O2S/c20-16-9-14(10-17(21)18(16)22)24-19(23)13-3-1-11(2-4-13)12-5-7-15(25)8-6-12/h9-13,15,25H,1-8H2. The SMILES string of the molecule is O=C(Oc1cc(F)c(F)c(F)c1)C1CCC(C2CCC(S)CC2)CC1. The summed E-state index contributed by atoms with van der Waals surface area (Å²) in [5, 5.41) is 0.527. The molecule has 0 N–H and O–H groups in total. The van der Waals surface area contributed by atoms with Gasteiger partial charge in [-0.05, 0) is 63.2 Å². The highest BCUT2D eigenvalue weighted by Crippen LogP contribution is 2.41. The molecule has 0 unspecified atom stereocenters. The van der Waals surface area contributed by atoms with Crippen molar-refractivity contribution < 1.29 is 22.7 Å². The van der Waals surface area contributed by atoms with Crippen LogP contribution in [-0.2, 0) is 4.79 Å². The highest BCUT2D eigenvalue weighted by atomic mass is 32.1. The van der Waals surface area contributed by atoms with E-state index in [1.54, 1.807) is 0 Å². The van der Waals surface area contributed by atoms with Gasteiger partial charge in [0, 0.05) is 17.4 Å². The van der Waals surface area contributed by atoms with E-state index in [2.05, 4.69) is 12.6 Å². The number of hydrogen-bond acceptors (Lipinski definition) is 3. The highest BCUT2D eigenvalue weighted by Gasteiger charge is 2.33. The Labute approximate surface area is 151 Å². The van der Waals surface area contributed by atoms with Gasteiger partial charge in [0.05, 0.1) is 5.92 Å². The van der Waals surface area contributed by atoms with Crippen LogP contribution in [-0.4, -0.2) is 11.2 Å². The molecular formula is C19H23F3O2S. The van der Waals surface area contributed by atoms with E-state index in [0.29, 0.717) is 23.3 Å². The second kappa shape index (κ2) is 8.02. The van der Waals surface area contributed by atoms with Crippen LogP contribution in [0.25, 0.3) is 0 Å². The van der Waals surface area contributed by atoms with Crippen molar-refractivity contribution in [2.24, 2.45) is 17.8 Å². The number of rotatable bonds is 3. The van der Waals surface area contributed by atoms with Crippen LogP contribution in [0.15, 0.2) is 12.1 Å². The zero-order chi connectivity index (χ0) is 18.0. The molecule has 0 atom stereocenters. The molecule has 0 aromatic heterocycles. The van der Waals surface area contributed by atoms with E-state index in [4.69, 9.17) is 4.74 Å². The van der Waals surface area contributed by atoms with Gasteiger partial charge in [0.2, 0.25) is 0 Å². The van der Waals surface area contributed by atoms with Crippen molar-refractivity contribution in [3.05, 3.63) is 29.6 Å². The monoisotopic (exact) mass is 372 g/mol. The molecule has 2 fully saturated rings. The molecule has 3 rings (SSSR count). The van der Waals surface area contributed by atoms with Crippen LogP contribution in [0, 0.1) is 35.2 Å². The second-order valence-electron chi connectivity index (χ2n) is 7.30. The van der Waals surface area contributed by atoms with Crippen LogP contribution in [0.4, 0.5) is 13.2 Å². The van der Waals surface area contributed by atoms with E-state index in [1.807, 2.05) is 0 Å². The van der Waals surface area contributed by atoms with E-state index in [-0.39, 0.29) is 11.7 Å². The first kappa shape index (κ1) is 18.6. The smallest absolute Gasteiger partial charge is 0.314 e. The fraction of sp³-hybridized carbons (Fsp3) is 0.632. The highest BCUT2D eigenvalue weighted by molar-refractivity contribution is 7.80. The first-order valence-corrected chi connectivity index (χ1v) is 9.50. The lowest BCUT2D eigenvalue weighted by Crippen LogP contribution is -2.30. The lowest BCUT2D eigenvalue weighted by atomic mass is 9.71. The van der Waals surface area contributed by atoms with Gasteiger partial charge in [-0.1, -0.05) is 0 Å². The number of esters is 1. The minimum atomic E-state index is -1.56. The maximum absolute atomic E-state index is 13.2. The van der Waals surface area contributed by atoms with E-state index in [1.165, 1.54) is 12.8 Å². The van der Waals surface area contributed by atoms with Crippen molar-refractivity contribution in [1.29, 1.82) is 0 Å². The largest absolute Gasteiger partial charge is 0.426 e. The van der Waals surface area contributed by atoms with Crippen molar-refractivity contribution in [3.63, 3.8) is 0 Å². The summed E-state index contributed by atoms with van der Waals surface area (Å²) in [7, 11) is 0. The Morgan fingerprint density at radius 3 is 1.88 bits per heavy atom. The zero-order valence-corrected chi connectivity index (χ0v) is 14.9. The predicted octanol–water partition coefficient (Wildman–Crippen LogP) is 5.30. The molecule has 0 radical (unpaired) electrons. The summed E-state index contributed by atoms with van der Waals surface area (Å²) in [6, 6.07) is 1.41. The summed E-state index contributed by atoms with van der Waals surface area (Å²) in [6.45, 7) is 0. The molecule has 0 spiro atoms. The van der Waals surface area contributed by atoms with Crippen molar-refractivity contribution >= 4 is 18.6 Å². The second-order valence-corrected chi connectivity index (χ2v) is 8.03. The number of benzene rings is 1. The Bertz CT molecular complexity index is 598. The minimum absolute atomic E-state index is 0.256. The number of carbonyl (C=O) groups is 1. The number of carbonyl (C=O) groups excluding carboxylic acids is 1. The molecule has 138 valence electrons. The molecule has 2 aliphatic carbocycles. The third kappa shape index (κ3) is 4.52. The van der Waals surface area contributed by atoms with Crippen LogP contribution in [0.5, 0.6) is 5.75 Å². The lowest BCUT2D eigenvalue weighted by molar-refractivity contribution is -0.140. The molecule has 0 amide bonds. The molecule has 6 heteroatoms. The first-order chi connectivity index (χ1) is 11.9. The number of ether oxygens (including phenoxy) is 1. The average molecular weight is 372 g/mol. The van der Waals surface area contributed by atoms with Gasteiger partial charge in [0.25, 0.3) is 0 Å². The Morgan fingerprint density at radius 2 is 1.36 bits per heavy atom. The number of hydrogen-bond donors (Lipinski definition) is 1. The van der Waals surface area contributed by atoms with Gasteiger partial charge in [-0.3, -0.25) is 4.79 Å². The molecule has 0 bridgehead atoms. The maximum atomic E-state index is 13.2. The van der Waals surface area contributed by atoms with Gasteiger partial charge in [0.1, 0.15) is 5.75 Å². The van der Waals surface area contributed by atoms with E-state index >= 15 is 0 Å². The average Bonchev–Trinajstić information content (AvgIpc) is 2.60. The van der Waals surface area contributed by atoms with E-state index in [9.17, 15) is 18.0 Å². The van der Waals surface area contributed by atoms with Crippen LogP contribution < -0.4 is 4.74 Å². The van der Waals surface area contributed by atoms with Gasteiger partial charge in [-0.15, -0.1) is 0 Å². The summed E-state index contributed by atoms with van der Waals surface area (Å²) in [5.74, 6) is -3.92. The van der Waals surface area contributed by atoms with Crippen LogP contribution in [0.2, 0.25) is 0 Å². The van der Waals surface area contributed by atoms with Crippen molar-refractivity contribution in [3.8, 4) is 5.75 Å². The van der Waals surface area contributed by atoms with Crippen LogP contribution >= 0.6 is 12.6 Å². The lowest BCUT2D eigenvalue weighted by Gasteiger charge is -2.36. The van der Waals surface area contributed by atoms with Crippen LogP contribution in [0.1, 0.15) is 51.4 Å². The zero-order valence-electron chi connectivity index (χ0n) is 14.0. The first-order valence-electron chi connectivity index (χ1n) is 8.98. The van der Waals surface area contributed by atoms with Gasteiger partial charge >= 0.3 is 5.97 Å². The number of halogens is 3. The van der Waals surface area contributed by atoms with Crippen molar-refractivity contribution in [2.75, 3.05) is 0 Å². The van der Waals surface area contributed by atoms with Crippen molar-refractivity contribution in [2.45, 2.75) is 56.6 Å². The third-order valence-corrected chi connectivity index (χ3v) is 6.21. The van der Waals surface area contributed by atoms with Gasteiger partial charge in [0.15, 0.2) is 17.5 Å². The van der Waals surface area contributed by atoms with Gasteiger partial charge in [-0.25, -0.2) is 13.2 Å². The molecular weight excluding hydrogens is 349 g/mol. The molecule has 1 aromatic rings. The predicted molar refractivity (Wildman–Crippen MR) is 92.1 cm³/mol. The molecule has 0 aliphatic heterocycles. The van der Waals surface area contributed by atoms with Crippen molar-refractivity contribution in [1.82, 2.24) is 0 Å². The molecule has 2 aliphatic rings. The summed E-state index contributed by atoms with van der Waals surface area (Å²) >= 11 is 4.54. The van der Waals surface area contributed by atoms with E-state index in [0.717, 1.165) is 44.4 Å². The summed E-state index contributed by atoms with van der Waals surface area (Å²) in [4.78, 5) is 12.2. The summed E-state index contributed by atoms with van der Waals surface area (Å²) < 4.78 is 44.4. The maximum Gasteiger partial charge on any atom is 0.314 e. The molecule has 2 saturated carbocycles. The summed E-state index contributed by atoms with van der Waals surface area (Å²) in [6.07, 6.45) is 8.17. The molecule has 2 nitrogen and oxygen atoms in total.